The molecule has 32 heavy (non-hydrogen) atoms. The minimum Gasteiger partial charge on any atom is -0.492 e. The first-order chi connectivity index (χ1) is 15.7. The standard InChI is InChI=1S/C27H34N2O3/c1-3-28(24-11-7-5-8-12-24)15-17-31-26-19-23(22-30)20-27(21-26)32-18-16-29(4-2)25-13-9-6-10-14-25/h5-14,19-21,30H,3-4,15-18,22H2,1-2H3. The predicted octanol–water partition coefficient (Wildman–Crippen LogP) is 4.99. The molecule has 0 aliphatic carbocycles. The number of hydrogen-bond donors (Lipinski definition) is 1. The molecule has 3 aromatic carbocycles. The highest BCUT2D eigenvalue weighted by atomic mass is 16.5. The fourth-order valence-electron chi connectivity index (χ4n) is 3.65. The van der Waals surface area contributed by atoms with Crippen LogP contribution in [0.5, 0.6) is 11.5 Å². The van der Waals surface area contributed by atoms with Gasteiger partial charge in [-0.05, 0) is 55.8 Å². The Balaban J connectivity index is 1.55. The fraction of sp³-hybridized carbons (Fsp3) is 0.333. The number of aliphatic hydroxyl groups excluding tert-OH is 1. The number of rotatable bonds is 13. The van der Waals surface area contributed by atoms with E-state index in [-0.39, 0.29) is 6.61 Å². The van der Waals surface area contributed by atoms with E-state index < -0.39 is 0 Å². The summed E-state index contributed by atoms with van der Waals surface area (Å²) in [7, 11) is 0. The summed E-state index contributed by atoms with van der Waals surface area (Å²) in [6, 6.07) is 26.3. The van der Waals surface area contributed by atoms with E-state index in [1.807, 2.05) is 54.6 Å². The van der Waals surface area contributed by atoms with E-state index in [0.717, 1.165) is 31.7 Å². The molecule has 5 heteroatoms. The molecule has 0 bridgehead atoms. The average molecular weight is 435 g/mol. The molecule has 0 amide bonds. The zero-order valence-electron chi connectivity index (χ0n) is 19.1. The first-order valence-electron chi connectivity index (χ1n) is 11.3. The Kier molecular flexibility index (Phi) is 9.26. The Bertz CT molecular complexity index is 847. The third kappa shape index (κ3) is 6.92. The summed E-state index contributed by atoms with van der Waals surface area (Å²) in [6.07, 6.45) is 0. The molecule has 3 rings (SSSR count). The zero-order chi connectivity index (χ0) is 22.6. The Hall–Kier alpha value is -3.18. The number of ether oxygens (including phenoxy) is 2. The largest absolute Gasteiger partial charge is 0.492 e. The first-order valence-corrected chi connectivity index (χ1v) is 11.3. The van der Waals surface area contributed by atoms with Crippen LogP contribution in [0.4, 0.5) is 11.4 Å². The van der Waals surface area contributed by atoms with Gasteiger partial charge in [-0.1, -0.05) is 36.4 Å². The second-order valence-electron chi connectivity index (χ2n) is 7.50. The quantitative estimate of drug-likeness (QED) is 0.411. The molecule has 0 heterocycles. The van der Waals surface area contributed by atoms with E-state index in [0.29, 0.717) is 24.7 Å². The van der Waals surface area contributed by atoms with E-state index in [2.05, 4.69) is 47.9 Å². The van der Waals surface area contributed by atoms with E-state index in [4.69, 9.17) is 9.47 Å². The number of para-hydroxylation sites is 2. The highest BCUT2D eigenvalue weighted by Gasteiger charge is 2.08. The number of nitrogens with zero attached hydrogens (tertiary/aromatic N) is 2. The van der Waals surface area contributed by atoms with Crippen LogP contribution in [-0.2, 0) is 6.61 Å². The van der Waals surface area contributed by atoms with Gasteiger partial charge < -0.3 is 24.4 Å². The molecule has 0 aliphatic heterocycles. The molecule has 0 unspecified atom stereocenters. The summed E-state index contributed by atoms with van der Waals surface area (Å²) in [4.78, 5) is 4.55. The van der Waals surface area contributed by atoms with E-state index >= 15 is 0 Å². The SMILES string of the molecule is CCN(CCOc1cc(CO)cc(OCCN(CC)c2ccccc2)c1)c1ccccc1. The molecule has 0 spiro atoms. The van der Waals surface area contributed by atoms with Gasteiger partial charge in [0.15, 0.2) is 0 Å². The molecule has 0 fully saturated rings. The second-order valence-corrected chi connectivity index (χ2v) is 7.50. The summed E-state index contributed by atoms with van der Waals surface area (Å²) in [5.41, 5.74) is 3.15. The highest BCUT2D eigenvalue weighted by molar-refractivity contribution is 5.46. The molecule has 0 saturated heterocycles. The second kappa shape index (κ2) is 12.6. The minimum atomic E-state index is -0.0518. The van der Waals surface area contributed by atoms with Crippen molar-refractivity contribution >= 4 is 11.4 Å². The van der Waals surface area contributed by atoms with Crippen LogP contribution < -0.4 is 19.3 Å². The van der Waals surface area contributed by atoms with Crippen molar-refractivity contribution in [1.82, 2.24) is 0 Å². The lowest BCUT2D eigenvalue weighted by atomic mass is 10.2. The number of anilines is 2. The molecule has 0 aromatic heterocycles. The van der Waals surface area contributed by atoms with Crippen LogP contribution in [0.3, 0.4) is 0 Å². The highest BCUT2D eigenvalue weighted by Crippen LogP contribution is 2.24. The van der Waals surface area contributed by atoms with Crippen molar-refractivity contribution in [2.24, 2.45) is 0 Å². The van der Waals surface area contributed by atoms with Crippen molar-refractivity contribution in [3.05, 3.63) is 84.4 Å². The van der Waals surface area contributed by atoms with Crippen LogP contribution >= 0.6 is 0 Å². The summed E-state index contributed by atoms with van der Waals surface area (Å²) in [6.45, 7) is 8.71. The minimum absolute atomic E-state index is 0.0518. The maximum Gasteiger partial charge on any atom is 0.123 e. The molecule has 170 valence electrons. The molecule has 0 saturated carbocycles. The van der Waals surface area contributed by atoms with E-state index in [9.17, 15) is 5.11 Å². The fourth-order valence-corrected chi connectivity index (χ4v) is 3.65. The van der Waals surface area contributed by atoms with Gasteiger partial charge in [-0.2, -0.15) is 0 Å². The van der Waals surface area contributed by atoms with Gasteiger partial charge in [-0.15, -0.1) is 0 Å². The maximum absolute atomic E-state index is 9.66. The van der Waals surface area contributed by atoms with Crippen LogP contribution in [0.2, 0.25) is 0 Å². The van der Waals surface area contributed by atoms with Crippen molar-refractivity contribution < 1.29 is 14.6 Å². The monoisotopic (exact) mass is 434 g/mol. The lowest BCUT2D eigenvalue weighted by molar-refractivity contribution is 0.275. The molecule has 5 nitrogen and oxygen atoms in total. The van der Waals surface area contributed by atoms with Crippen molar-refractivity contribution in [1.29, 1.82) is 0 Å². The topological polar surface area (TPSA) is 45.2 Å². The van der Waals surface area contributed by atoms with Crippen LogP contribution in [0.1, 0.15) is 19.4 Å². The number of benzene rings is 3. The van der Waals surface area contributed by atoms with Gasteiger partial charge in [0.25, 0.3) is 0 Å². The third-order valence-electron chi connectivity index (χ3n) is 5.39. The molecule has 0 atom stereocenters. The van der Waals surface area contributed by atoms with Gasteiger partial charge >= 0.3 is 0 Å². The maximum atomic E-state index is 9.66. The molecule has 1 N–H and O–H groups in total. The number of aliphatic hydroxyl groups is 1. The Morgan fingerprint density at radius 3 is 1.47 bits per heavy atom. The van der Waals surface area contributed by atoms with Crippen molar-refractivity contribution in [3.63, 3.8) is 0 Å². The zero-order valence-corrected chi connectivity index (χ0v) is 19.1. The van der Waals surface area contributed by atoms with Gasteiger partial charge in [0.2, 0.25) is 0 Å². The lowest BCUT2D eigenvalue weighted by Crippen LogP contribution is -2.28. The van der Waals surface area contributed by atoms with Gasteiger partial charge in [0.05, 0.1) is 19.7 Å². The van der Waals surface area contributed by atoms with Crippen LogP contribution in [0, 0.1) is 0 Å². The van der Waals surface area contributed by atoms with Crippen LogP contribution in [-0.4, -0.2) is 44.5 Å². The Morgan fingerprint density at radius 2 is 1.09 bits per heavy atom. The molecule has 0 aliphatic rings. The van der Waals surface area contributed by atoms with Gasteiger partial charge in [-0.3, -0.25) is 0 Å². The summed E-state index contributed by atoms with van der Waals surface area (Å²) in [5, 5.41) is 9.66. The van der Waals surface area contributed by atoms with E-state index in [1.54, 1.807) is 0 Å². The Morgan fingerprint density at radius 1 is 0.656 bits per heavy atom. The summed E-state index contributed by atoms with van der Waals surface area (Å²) in [5.74, 6) is 1.43. The number of likely N-dealkylation sites (N-methyl/N-ethyl adjacent to an activating group) is 2. The van der Waals surface area contributed by atoms with E-state index in [1.165, 1.54) is 11.4 Å². The summed E-state index contributed by atoms with van der Waals surface area (Å²) >= 11 is 0. The van der Waals surface area contributed by atoms with Crippen molar-refractivity contribution in [2.45, 2.75) is 20.5 Å². The van der Waals surface area contributed by atoms with Crippen LogP contribution in [0.15, 0.2) is 78.9 Å². The molecule has 3 aromatic rings. The average Bonchev–Trinajstić information content (AvgIpc) is 2.85. The smallest absolute Gasteiger partial charge is 0.123 e. The number of hydrogen-bond acceptors (Lipinski definition) is 5. The van der Waals surface area contributed by atoms with Crippen LogP contribution in [0.25, 0.3) is 0 Å². The summed E-state index contributed by atoms with van der Waals surface area (Å²) < 4.78 is 12.0. The molecular weight excluding hydrogens is 400 g/mol. The van der Waals surface area contributed by atoms with Gasteiger partial charge in [-0.25, -0.2) is 0 Å². The first kappa shape index (κ1) is 23.5. The van der Waals surface area contributed by atoms with Crippen molar-refractivity contribution in [3.8, 4) is 11.5 Å². The molecule has 0 radical (unpaired) electrons. The predicted molar refractivity (Wildman–Crippen MR) is 132 cm³/mol. The Labute approximate surface area is 191 Å². The van der Waals surface area contributed by atoms with Crippen molar-refractivity contribution in [2.75, 3.05) is 49.2 Å². The normalized spacial score (nSPS) is 10.6. The third-order valence-corrected chi connectivity index (χ3v) is 5.39. The van der Waals surface area contributed by atoms with Gasteiger partial charge in [0.1, 0.15) is 24.7 Å². The molecular formula is C27H34N2O3. The van der Waals surface area contributed by atoms with Gasteiger partial charge in [0, 0.05) is 30.5 Å². The lowest BCUT2D eigenvalue weighted by Gasteiger charge is -2.24.